The van der Waals surface area contributed by atoms with Gasteiger partial charge < -0.3 is 5.32 Å². The van der Waals surface area contributed by atoms with E-state index in [2.05, 4.69) is 26.2 Å². The maximum Gasteiger partial charge on any atom is 0.0718 e. The van der Waals surface area contributed by atoms with E-state index < -0.39 is 0 Å². The van der Waals surface area contributed by atoms with Crippen molar-refractivity contribution >= 4 is 39.1 Å². The van der Waals surface area contributed by atoms with E-state index in [0.717, 1.165) is 22.2 Å². The van der Waals surface area contributed by atoms with Gasteiger partial charge in [-0.15, -0.1) is 0 Å². The summed E-state index contributed by atoms with van der Waals surface area (Å²) in [5.41, 5.74) is 2.10. The van der Waals surface area contributed by atoms with Crippen molar-refractivity contribution in [1.29, 1.82) is 0 Å². The predicted octanol–water partition coefficient (Wildman–Crippen LogP) is 4.65. The van der Waals surface area contributed by atoms with Gasteiger partial charge in [-0.2, -0.15) is 0 Å². The summed E-state index contributed by atoms with van der Waals surface area (Å²) in [4.78, 5) is 4.42. The van der Waals surface area contributed by atoms with Gasteiger partial charge in [0.05, 0.1) is 21.8 Å². The molecule has 0 spiro atoms. The number of halogens is 3. The Labute approximate surface area is 131 Å². The minimum atomic E-state index is 0.118. The van der Waals surface area contributed by atoms with Gasteiger partial charge in [0.25, 0.3) is 0 Å². The first-order valence-corrected chi connectivity index (χ1v) is 7.38. The van der Waals surface area contributed by atoms with Crippen LogP contribution in [-0.2, 0) is 6.42 Å². The lowest BCUT2D eigenvalue weighted by atomic mass is 10.0. The van der Waals surface area contributed by atoms with Gasteiger partial charge in [-0.1, -0.05) is 29.3 Å². The van der Waals surface area contributed by atoms with E-state index in [1.54, 1.807) is 6.20 Å². The molecule has 0 aliphatic heterocycles. The third kappa shape index (κ3) is 3.69. The summed E-state index contributed by atoms with van der Waals surface area (Å²) in [7, 11) is 1.92. The molecule has 1 N–H and O–H groups in total. The van der Waals surface area contributed by atoms with Crippen molar-refractivity contribution < 1.29 is 0 Å². The van der Waals surface area contributed by atoms with E-state index in [1.165, 1.54) is 0 Å². The average molecular weight is 360 g/mol. The fourth-order valence-electron chi connectivity index (χ4n) is 1.89. The second-order valence-corrected chi connectivity index (χ2v) is 5.83. The van der Waals surface area contributed by atoms with Crippen LogP contribution in [0.1, 0.15) is 17.3 Å². The molecule has 1 aromatic heterocycles. The number of rotatable bonds is 4. The summed E-state index contributed by atoms with van der Waals surface area (Å²) in [5, 5.41) is 4.43. The molecule has 2 aromatic rings. The highest BCUT2D eigenvalue weighted by atomic mass is 79.9. The molecule has 19 heavy (non-hydrogen) atoms. The fraction of sp³-hybridized carbons (Fsp3) is 0.214. The van der Waals surface area contributed by atoms with Crippen LogP contribution in [0.15, 0.2) is 41.0 Å². The third-order valence-electron chi connectivity index (χ3n) is 2.89. The summed E-state index contributed by atoms with van der Waals surface area (Å²) in [6.07, 6.45) is 2.59. The van der Waals surface area contributed by atoms with Crippen molar-refractivity contribution in [3.05, 3.63) is 62.3 Å². The van der Waals surface area contributed by atoms with Crippen molar-refractivity contribution in [2.24, 2.45) is 0 Å². The Morgan fingerprint density at radius 2 is 2.05 bits per heavy atom. The number of pyridine rings is 1. The summed E-state index contributed by atoms with van der Waals surface area (Å²) >= 11 is 15.5. The topological polar surface area (TPSA) is 24.9 Å². The van der Waals surface area contributed by atoms with E-state index in [1.807, 2.05) is 37.4 Å². The van der Waals surface area contributed by atoms with E-state index in [4.69, 9.17) is 23.2 Å². The molecule has 0 saturated carbocycles. The molecule has 0 radical (unpaired) electrons. The highest BCUT2D eigenvalue weighted by Crippen LogP contribution is 2.27. The van der Waals surface area contributed by atoms with Crippen LogP contribution in [-0.4, -0.2) is 12.0 Å². The quantitative estimate of drug-likeness (QED) is 0.859. The predicted molar refractivity (Wildman–Crippen MR) is 83.9 cm³/mol. The maximum absolute atomic E-state index is 6.04. The lowest BCUT2D eigenvalue weighted by Crippen LogP contribution is -2.20. The molecule has 1 atom stereocenters. The first-order chi connectivity index (χ1) is 9.11. The van der Waals surface area contributed by atoms with Gasteiger partial charge in [0.2, 0.25) is 0 Å². The minimum absolute atomic E-state index is 0.118. The molecule has 0 aliphatic rings. The van der Waals surface area contributed by atoms with Gasteiger partial charge >= 0.3 is 0 Å². The highest BCUT2D eigenvalue weighted by molar-refractivity contribution is 9.10. The minimum Gasteiger partial charge on any atom is -0.311 e. The van der Waals surface area contributed by atoms with Crippen molar-refractivity contribution in [3.63, 3.8) is 0 Å². The van der Waals surface area contributed by atoms with Crippen LogP contribution >= 0.6 is 39.1 Å². The molecule has 1 unspecified atom stereocenters. The van der Waals surface area contributed by atoms with Crippen molar-refractivity contribution in [3.8, 4) is 0 Å². The molecule has 0 saturated heterocycles. The molecule has 1 heterocycles. The highest BCUT2D eigenvalue weighted by Gasteiger charge is 2.15. The average Bonchev–Trinajstić information content (AvgIpc) is 2.41. The second-order valence-electron chi connectivity index (χ2n) is 4.16. The molecule has 2 nitrogen and oxygen atoms in total. The first kappa shape index (κ1) is 14.8. The van der Waals surface area contributed by atoms with Gasteiger partial charge in [-0.25, -0.2) is 0 Å². The van der Waals surface area contributed by atoms with Crippen LogP contribution in [0.4, 0.5) is 0 Å². The van der Waals surface area contributed by atoms with Gasteiger partial charge in [0.15, 0.2) is 0 Å². The summed E-state index contributed by atoms with van der Waals surface area (Å²) < 4.78 is 0.995. The van der Waals surface area contributed by atoms with Crippen molar-refractivity contribution in [2.75, 3.05) is 7.05 Å². The largest absolute Gasteiger partial charge is 0.311 e. The van der Waals surface area contributed by atoms with Gasteiger partial charge in [0.1, 0.15) is 0 Å². The van der Waals surface area contributed by atoms with E-state index >= 15 is 0 Å². The Bertz CT molecular complexity index is 575. The molecule has 0 aliphatic carbocycles. The summed E-state index contributed by atoms with van der Waals surface area (Å²) in [6.45, 7) is 0. The summed E-state index contributed by atoms with van der Waals surface area (Å²) in [6, 6.07) is 9.70. The number of nitrogens with zero attached hydrogens (tertiary/aromatic N) is 1. The molecule has 0 amide bonds. The number of hydrogen-bond donors (Lipinski definition) is 1. The summed E-state index contributed by atoms with van der Waals surface area (Å²) in [5.74, 6) is 0. The van der Waals surface area contributed by atoms with Gasteiger partial charge in [-0.3, -0.25) is 4.98 Å². The zero-order chi connectivity index (χ0) is 13.8. The standard InChI is InChI=1S/C14H13BrCl2N2/c1-18-13(14-10(15)3-2-6-19-14)8-9-4-5-11(16)12(17)7-9/h2-7,13,18H,8H2,1H3. The molecule has 0 fully saturated rings. The van der Waals surface area contributed by atoms with Gasteiger partial charge in [0, 0.05) is 10.7 Å². The van der Waals surface area contributed by atoms with Crippen molar-refractivity contribution in [1.82, 2.24) is 10.3 Å². The fourth-order valence-corrected chi connectivity index (χ4v) is 2.74. The maximum atomic E-state index is 6.04. The molecule has 5 heteroatoms. The van der Waals surface area contributed by atoms with E-state index in [0.29, 0.717) is 10.0 Å². The zero-order valence-corrected chi connectivity index (χ0v) is 13.4. The molecular formula is C14H13BrCl2N2. The molecule has 1 aromatic carbocycles. The molecule has 2 rings (SSSR count). The van der Waals surface area contributed by atoms with E-state index in [9.17, 15) is 0 Å². The van der Waals surface area contributed by atoms with Crippen molar-refractivity contribution in [2.45, 2.75) is 12.5 Å². The first-order valence-electron chi connectivity index (χ1n) is 5.83. The van der Waals surface area contributed by atoms with Crippen LogP contribution in [0.2, 0.25) is 10.0 Å². The molecular weight excluding hydrogens is 347 g/mol. The van der Waals surface area contributed by atoms with Crippen LogP contribution in [0.3, 0.4) is 0 Å². The Morgan fingerprint density at radius 1 is 1.26 bits per heavy atom. The third-order valence-corrected chi connectivity index (χ3v) is 4.30. The normalized spacial score (nSPS) is 12.4. The number of hydrogen-bond acceptors (Lipinski definition) is 2. The van der Waals surface area contributed by atoms with E-state index in [-0.39, 0.29) is 6.04 Å². The Hall–Kier alpha value is -0.610. The molecule has 0 bridgehead atoms. The second kappa shape index (κ2) is 6.71. The SMILES string of the molecule is CNC(Cc1ccc(Cl)c(Cl)c1)c1ncccc1Br. The van der Waals surface area contributed by atoms with Crippen LogP contribution in [0, 0.1) is 0 Å². The lowest BCUT2D eigenvalue weighted by molar-refractivity contribution is 0.573. The van der Waals surface area contributed by atoms with Crippen LogP contribution < -0.4 is 5.32 Å². The lowest BCUT2D eigenvalue weighted by Gasteiger charge is -2.17. The number of aromatic nitrogens is 1. The number of benzene rings is 1. The monoisotopic (exact) mass is 358 g/mol. The number of likely N-dealkylation sites (N-methyl/N-ethyl adjacent to an activating group) is 1. The number of nitrogens with one attached hydrogen (secondary N) is 1. The van der Waals surface area contributed by atoms with Crippen LogP contribution in [0.25, 0.3) is 0 Å². The zero-order valence-electron chi connectivity index (χ0n) is 10.3. The smallest absolute Gasteiger partial charge is 0.0718 e. The Morgan fingerprint density at radius 3 is 2.68 bits per heavy atom. The molecule has 100 valence electrons. The Kier molecular flexibility index (Phi) is 5.22. The van der Waals surface area contributed by atoms with Crippen LogP contribution in [0.5, 0.6) is 0 Å². The Balaban J connectivity index is 2.24. The van der Waals surface area contributed by atoms with Gasteiger partial charge in [-0.05, 0) is 59.2 Å².